The summed E-state index contributed by atoms with van der Waals surface area (Å²) < 4.78 is 37.1. The quantitative estimate of drug-likeness (QED) is 0.830. The first-order valence-electron chi connectivity index (χ1n) is 3.73. The van der Waals surface area contributed by atoms with Gasteiger partial charge in [0.1, 0.15) is 17.0 Å². The number of nitriles is 1. The highest BCUT2D eigenvalue weighted by Gasteiger charge is 2.40. The lowest BCUT2D eigenvalue weighted by atomic mass is 10.2. The predicted octanol–water partition coefficient (Wildman–Crippen LogP) is 2.44. The Kier molecular flexibility index (Phi) is 3.13. The van der Waals surface area contributed by atoms with Gasteiger partial charge in [0.05, 0.1) is 0 Å². The van der Waals surface area contributed by atoms with Crippen LogP contribution >= 0.6 is 11.3 Å². The van der Waals surface area contributed by atoms with E-state index in [1.54, 1.807) is 6.07 Å². The maximum Gasteiger partial charge on any atom is 0.408 e. The van der Waals surface area contributed by atoms with Gasteiger partial charge in [-0.25, -0.2) is 0 Å². The third kappa shape index (κ3) is 2.25. The fourth-order valence-corrected chi connectivity index (χ4v) is 1.98. The minimum atomic E-state index is -4.33. The molecule has 1 unspecified atom stereocenters. The number of hydrogen-bond donors (Lipinski definition) is 1. The van der Waals surface area contributed by atoms with Gasteiger partial charge in [-0.05, 0) is 19.2 Å². The first-order chi connectivity index (χ1) is 6.49. The van der Waals surface area contributed by atoms with Crippen molar-refractivity contribution in [3.63, 3.8) is 0 Å². The Bertz CT molecular complexity index is 350. The highest BCUT2D eigenvalue weighted by atomic mass is 32.1. The van der Waals surface area contributed by atoms with Crippen molar-refractivity contribution >= 4 is 11.3 Å². The molecule has 0 spiro atoms. The summed E-state index contributed by atoms with van der Waals surface area (Å²) in [4.78, 5) is 0.390. The average molecular weight is 220 g/mol. The standard InChI is InChI=1S/C8H7F3N2S/c1-13-7(8(9,10)11)6-3-2-5(4-12)14-6/h2-3,7,13H,1H3. The fraction of sp³-hybridized carbons (Fsp3) is 0.375. The summed E-state index contributed by atoms with van der Waals surface area (Å²) in [6.07, 6.45) is -4.33. The van der Waals surface area contributed by atoms with E-state index in [0.29, 0.717) is 0 Å². The van der Waals surface area contributed by atoms with Crippen molar-refractivity contribution in [1.82, 2.24) is 5.32 Å². The number of alkyl halides is 3. The van der Waals surface area contributed by atoms with Crippen LogP contribution in [0.4, 0.5) is 13.2 Å². The lowest BCUT2D eigenvalue weighted by Crippen LogP contribution is -2.30. The maximum absolute atomic E-state index is 12.4. The molecule has 0 aromatic carbocycles. The molecule has 0 bridgehead atoms. The Morgan fingerprint density at radius 3 is 2.50 bits per heavy atom. The van der Waals surface area contributed by atoms with E-state index in [1.165, 1.54) is 19.2 Å². The summed E-state index contributed by atoms with van der Waals surface area (Å²) in [6, 6.07) is 2.82. The molecule has 0 saturated carbocycles. The minimum Gasteiger partial charge on any atom is -0.305 e. The largest absolute Gasteiger partial charge is 0.408 e. The highest BCUT2D eigenvalue weighted by Crippen LogP contribution is 2.35. The minimum absolute atomic E-state index is 0.108. The molecular weight excluding hydrogens is 213 g/mol. The van der Waals surface area contributed by atoms with Crippen LogP contribution < -0.4 is 5.32 Å². The number of nitrogens with one attached hydrogen (secondary N) is 1. The molecule has 0 aliphatic carbocycles. The normalized spacial score (nSPS) is 13.6. The van der Waals surface area contributed by atoms with Gasteiger partial charge in [0.15, 0.2) is 0 Å². The fourth-order valence-electron chi connectivity index (χ4n) is 1.04. The van der Waals surface area contributed by atoms with E-state index in [-0.39, 0.29) is 9.75 Å². The summed E-state index contributed by atoms with van der Waals surface area (Å²) in [7, 11) is 1.24. The van der Waals surface area contributed by atoms with Crippen molar-refractivity contribution in [1.29, 1.82) is 5.26 Å². The number of hydrogen-bond acceptors (Lipinski definition) is 3. The van der Waals surface area contributed by atoms with Gasteiger partial charge in [0.25, 0.3) is 0 Å². The highest BCUT2D eigenvalue weighted by molar-refractivity contribution is 7.12. The van der Waals surface area contributed by atoms with Crippen molar-refractivity contribution in [3.8, 4) is 6.07 Å². The van der Waals surface area contributed by atoms with E-state index < -0.39 is 12.2 Å². The van der Waals surface area contributed by atoms with Crippen molar-refractivity contribution in [3.05, 3.63) is 21.9 Å². The molecular formula is C8H7F3N2S. The third-order valence-electron chi connectivity index (χ3n) is 1.64. The van der Waals surface area contributed by atoms with Gasteiger partial charge in [-0.2, -0.15) is 18.4 Å². The Balaban J connectivity index is 2.97. The van der Waals surface area contributed by atoms with Crippen LogP contribution in [0.5, 0.6) is 0 Å². The van der Waals surface area contributed by atoms with Crippen LogP contribution in [0, 0.1) is 11.3 Å². The van der Waals surface area contributed by atoms with Crippen molar-refractivity contribution < 1.29 is 13.2 Å². The average Bonchev–Trinajstić information content (AvgIpc) is 2.51. The molecule has 0 saturated heterocycles. The number of rotatable bonds is 2. The number of thiophene rings is 1. The lowest BCUT2D eigenvalue weighted by Gasteiger charge is -2.17. The smallest absolute Gasteiger partial charge is 0.305 e. The Morgan fingerprint density at radius 2 is 2.14 bits per heavy atom. The summed E-state index contributed by atoms with van der Waals surface area (Å²) in [5.74, 6) is 0. The topological polar surface area (TPSA) is 35.8 Å². The molecule has 0 radical (unpaired) electrons. The zero-order valence-corrected chi connectivity index (χ0v) is 8.04. The summed E-state index contributed by atoms with van der Waals surface area (Å²) in [6.45, 7) is 0. The second-order valence-electron chi connectivity index (χ2n) is 2.58. The van der Waals surface area contributed by atoms with E-state index in [1.807, 2.05) is 0 Å². The molecule has 1 N–H and O–H groups in total. The molecule has 0 aliphatic heterocycles. The summed E-state index contributed by atoms with van der Waals surface area (Å²) >= 11 is 0.849. The van der Waals surface area contributed by atoms with Crippen LogP contribution in [0.2, 0.25) is 0 Å². The lowest BCUT2D eigenvalue weighted by molar-refractivity contribution is -0.155. The SMILES string of the molecule is CNC(c1ccc(C#N)s1)C(F)(F)F. The molecule has 76 valence electrons. The van der Waals surface area contributed by atoms with Crippen molar-refractivity contribution in [2.45, 2.75) is 12.2 Å². The van der Waals surface area contributed by atoms with Crippen LogP contribution in [-0.4, -0.2) is 13.2 Å². The number of nitrogens with zero attached hydrogens (tertiary/aromatic N) is 1. The van der Waals surface area contributed by atoms with E-state index in [4.69, 9.17) is 5.26 Å². The molecule has 1 aromatic heterocycles. The maximum atomic E-state index is 12.4. The Hall–Kier alpha value is -1.06. The van der Waals surface area contributed by atoms with E-state index in [9.17, 15) is 13.2 Å². The first-order valence-corrected chi connectivity index (χ1v) is 4.54. The molecule has 0 fully saturated rings. The van der Waals surface area contributed by atoms with Crippen LogP contribution in [0.1, 0.15) is 15.8 Å². The van der Waals surface area contributed by atoms with Gasteiger partial charge in [-0.1, -0.05) is 0 Å². The van der Waals surface area contributed by atoms with Gasteiger partial charge in [0, 0.05) is 4.88 Å². The molecule has 1 rings (SSSR count). The van der Waals surface area contributed by atoms with Crippen LogP contribution in [-0.2, 0) is 0 Å². The van der Waals surface area contributed by atoms with Crippen LogP contribution in [0.15, 0.2) is 12.1 Å². The molecule has 0 aliphatic rings. The van der Waals surface area contributed by atoms with Gasteiger partial charge in [-0.15, -0.1) is 11.3 Å². The molecule has 1 heterocycles. The first kappa shape index (κ1) is 11.0. The zero-order chi connectivity index (χ0) is 10.8. The molecule has 1 atom stereocenters. The molecule has 0 amide bonds. The van der Waals surface area contributed by atoms with Crippen molar-refractivity contribution in [2.75, 3.05) is 7.05 Å². The van der Waals surface area contributed by atoms with Crippen LogP contribution in [0.3, 0.4) is 0 Å². The number of halogens is 3. The summed E-state index contributed by atoms with van der Waals surface area (Å²) in [5, 5.41) is 10.6. The molecule has 1 aromatic rings. The van der Waals surface area contributed by atoms with Gasteiger partial charge >= 0.3 is 6.18 Å². The van der Waals surface area contributed by atoms with Gasteiger partial charge < -0.3 is 5.32 Å². The Morgan fingerprint density at radius 1 is 1.50 bits per heavy atom. The molecule has 6 heteroatoms. The summed E-state index contributed by atoms with van der Waals surface area (Å²) in [5.41, 5.74) is 0. The monoisotopic (exact) mass is 220 g/mol. The van der Waals surface area contributed by atoms with Crippen LogP contribution in [0.25, 0.3) is 0 Å². The molecule has 2 nitrogen and oxygen atoms in total. The van der Waals surface area contributed by atoms with E-state index >= 15 is 0 Å². The van der Waals surface area contributed by atoms with Crippen molar-refractivity contribution in [2.24, 2.45) is 0 Å². The van der Waals surface area contributed by atoms with Gasteiger partial charge in [-0.3, -0.25) is 0 Å². The second kappa shape index (κ2) is 3.98. The zero-order valence-electron chi connectivity index (χ0n) is 7.22. The van der Waals surface area contributed by atoms with E-state index in [2.05, 4.69) is 5.32 Å². The molecule has 14 heavy (non-hydrogen) atoms. The third-order valence-corrected chi connectivity index (χ3v) is 2.69. The van der Waals surface area contributed by atoms with Gasteiger partial charge in [0.2, 0.25) is 0 Å². The van der Waals surface area contributed by atoms with E-state index in [0.717, 1.165) is 11.3 Å². The Labute approximate surface area is 83.0 Å². The second-order valence-corrected chi connectivity index (χ2v) is 3.69. The predicted molar refractivity (Wildman–Crippen MR) is 46.9 cm³/mol.